The number of fused-ring (bicyclic) bond motifs is 1. The normalized spacial score (nSPS) is 13.9. The molecule has 3 aromatic carbocycles. The molecule has 0 unspecified atom stereocenters. The van der Waals surface area contributed by atoms with Crippen molar-refractivity contribution >= 4 is 33.8 Å². The molecular weight excluding hydrogens is 428 g/mol. The van der Waals surface area contributed by atoms with Gasteiger partial charge in [-0.05, 0) is 56.3 Å². The fourth-order valence-corrected chi connectivity index (χ4v) is 4.06. The molecule has 4 rings (SSSR count). The van der Waals surface area contributed by atoms with Crippen molar-refractivity contribution in [2.24, 2.45) is 0 Å². The van der Waals surface area contributed by atoms with E-state index in [9.17, 15) is 9.59 Å². The zero-order valence-corrected chi connectivity index (χ0v) is 19.8. The molecule has 0 aliphatic carbocycles. The van der Waals surface area contributed by atoms with Crippen molar-refractivity contribution in [2.45, 2.75) is 33.3 Å². The van der Waals surface area contributed by atoms with Crippen molar-refractivity contribution in [3.63, 3.8) is 0 Å². The van der Waals surface area contributed by atoms with Gasteiger partial charge in [-0.2, -0.15) is 0 Å². The average molecular weight is 459 g/mol. The molecule has 0 radical (unpaired) electrons. The Bertz CT molecular complexity index is 1210. The Hall–Kier alpha value is -3.64. The second-order valence-electron chi connectivity index (χ2n) is 8.39. The van der Waals surface area contributed by atoms with E-state index >= 15 is 0 Å². The number of amides is 2. The van der Waals surface area contributed by atoms with Crippen molar-refractivity contribution < 1.29 is 19.1 Å². The number of nitrogens with zero attached hydrogens (tertiary/aromatic N) is 1. The van der Waals surface area contributed by atoms with Crippen molar-refractivity contribution in [1.29, 1.82) is 0 Å². The van der Waals surface area contributed by atoms with Gasteiger partial charge in [-0.15, -0.1) is 0 Å². The molecule has 0 bridgehead atoms. The standard InChI is InChI=1S/C28H30N2O4/c1-4-33-22-15-13-21(14-16-22)25-26(28(32)30(27(25)31)17-8-18-34-19(2)3)29-24-12-7-10-20-9-5-6-11-23(20)24/h5-7,9-16,19,29H,4,8,17-18H2,1-3H3. The summed E-state index contributed by atoms with van der Waals surface area (Å²) in [5.74, 6) is 0.0858. The number of anilines is 1. The summed E-state index contributed by atoms with van der Waals surface area (Å²) >= 11 is 0. The Labute approximate surface area is 200 Å². The molecule has 3 aromatic rings. The van der Waals surface area contributed by atoms with Crippen molar-refractivity contribution in [3.05, 3.63) is 78.0 Å². The molecule has 6 heteroatoms. The van der Waals surface area contributed by atoms with Gasteiger partial charge in [0, 0.05) is 24.2 Å². The first kappa shape index (κ1) is 23.5. The minimum atomic E-state index is -0.327. The van der Waals surface area contributed by atoms with Crippen molar-refractivity contribution in [3.8, 4) is 5.75 Å². The van der Waals surface area contributed by atoms with Gasteiger partial charge >= 0.3 is 0 Å². The van der Waals surface area contributed by atoms with Crippen molar-refractivity contribution in [1.82, 2.24) is 4.90 Å². The molecule has 1 aliphatic rings. The van der Waals surface area contributed by atoms with Gasteiger partial charge in [-0.25, -0.2) is 0 Å². The van der Waals surface area contributed by atoms with Crippen LogP contribution in [0.15, 0.2) is 72.4 Å². The predicted molar refractivity (Wildman–Crippen MR) is 135 cm³/mol. The lowest BCUT2D eigenvalue weighted by atomic mass is 10.0. The topological polar surface area (TPSA) is 67.9 Å². The number of benzene rings is 3. The van der Waals surface area contributed by atoms with E-state index in [1.165, 1.54) is 4.90 Å². The van der Waals surface area contributed by atoms with E-state index in [0.717, 1.165) is 22.2 Å². The summed E-state index contributed by atoms with van der Waals surface area (Å²) in [5, 5.41) is 5.33. The summed E-state index contributed by atoms with van der Waals surface area (Å²) in [5.41, 5.74) is 2.11. The van der Waals surface area contributed by atoms with Gasteiger partial charge < -0.3 is 14.8 Å². The lowest BCUT2D eigenvalue weighted by Crippen LogP contribution is -2.34. The molecular formula is C28H30N2O4. The van der Waals surface area contributed by atoms with Gasteiger partial charge in [-0.1, -0.05) is 48.5 Å². The molecule has 0 atom stereocenters. The van der Waals surface area contributed by atoms with Gasteiger partial charge in [0.2, 0.25) is 0 Å². The second kappa shape index (κ2) is 10.5. The van der Waals surface area contributed by atoms with Crippen LogP contribution in [0.5, 0.6) is 5.75 Å². The maximum Gasteiger partial charge on any atom is 0.278 e. The molecule has 176 valence electrons. The quantitative estimate of drug-likeness (QED) is 0.332. The Balaban J connectivity index is 1.69. The number of rotatable bonds is 10. The zero-order chi connectivity index (χ0) is 24.1. The van der Waals surface area contributed by atoms with Crippen molar-refractivity contribution in [2.75, 3.05) is 25.1 Å². The molecule has 0 saturated carbocycles. The first-order valence-corrected chi connectivity index (χ1v) is 11.7. The molecule has 1 N–H and O–H groups in total. The maximum absolute atomic E-state index is 13.5. The van der Waals surface area contributed by atoms with Crippen LogP contribution in [0, 0.1) is 0 Å². The molecule has 34 heavy (non-hydrogen) atoms. The number of nitrogens with one attached hydrogen (secondary N) is 1. The highest BCUT2D eigenvalue weighted by atomic mass is 16.5. The summed E-state index contributed by atoms with van der Waals surface area (Å²) in [7, 11) is 0. The smallest absolute Gasteiger partial charge is 0.278 e. The number of ether oxygens (including phenoxy) is 2. The van der Waals surface area contributed by atoms with E-state index in [4.69, 9.17) is 9.47 Å². The highest BCUT2D eigenvalue weighted by Crippen LogP contribution is 2.33. The second-order valence-corrected chi connectivity index (χ2v) is 8.39. The highest BCUT2D eigenvalue weighted by Gasteiger charge is 2.39. The van der Waals surface area contributed by atoms with Crippen LogP contribution in [-0.4, -0.2) is 42.6 Å². The van der Waals surface area contributed by atoms with Gasteiger partial charge in [0.1, 0.15) is 11.4 Å². The lowest BCUT2D eigenvalue weighted by Gasteiger charge is -2.16. The fraction of sp³-hybridized carbons (Fsp3) is 0.286. The van der Waals surface area contributed by atoms with Crippen LogP contribution in [0.4, 0.5) is 5.69 Å². The molecule has 1 aliphatic heterocycles. The van der Waals surface area contributed by atoms with Gasteiger partial charge in [-0.3, -0.25) is 14.5 Å². The van der Waals surface area contributed by atoms with E-state index in [1.807, 2.05) is 87.5 Å². The third kappa shape index (κ3) is 4.97. The minimum Gasteiger partial charge on any atom is -0.494 e. The lowest BCUT2D eigenvalue weighted by molar-refractivity contribution is -0.137. The number of hydrogen-bond donors (Lipinski definition) is 1. The van der Waals surface area contributed by atoms with Gasteiger partial charge in [0.05, 0.1) is 18.3 Å². The molecule has 0 fully saturated rings. The molecule has 1 heterocycles. The van der Waals surface area contributed by atoms with E-state index in [2.05, 4.69) is 5.32 Å². The third-order valence-electron chi connectivity index (χ3n) is 5.65. The number of imide groups is 1. The van der Waals surface area contributed by atoms with E-state index in [1.54, 1.807) is 0 Å². The van der Waals surface area contributed by atoms with Gasteiger partial charge in [0.25, 0.3) is 11.8 Å². The highest BCUT2D eigenvalue weighted by molar-refractivity contribution is 6.36. The predicted octanol–water partition coefficient (Wildman–Crippen LogP) is 5.25. The maximum atomic E-state index is 13.5. The first-order chi connectivity index (χ1) is 16.5. The first-order valence-electron chi connectivity index (χ1n) is 11.7. The van der Waals surface area contributed by atoms with E-state index < -0.39 is 0 Å². The van der Waals surface area contributed by atoms with E-state index in [-0.39, 0.29) is 23.6 Å². The number of carbonyl (C=O) groups is 2. The van der Waals surface area contributed by atoms with Crippen LogP contribution >= 0.6 is 0 Å². The summed E-state index contributed by atoms with van der Waals surface area (Å²) in [6, 6.07) is 21.1. The monoisotopic (exact) mass is 458 g/mol. The average Bonchev–Trinajstić information content (AvgIpc) is 3.06. The van der Waals surface area contributed by atoms with Gasteiger partial charge in [0.15, 0.2) is 0 Å². The molecule has 0 aromatic heterocycles. The van der Waals surface area contributed by atoms with Crippen LogP contribution < -0.4 is 10.1 Å². The van der Waals surface area contributed by atoms with Crippen LogP contribution in [0.25, 0.3) is 16.3 Å². The van der Waals surface area contributed by atoms with Crippen LogP contribution in [0.2, 0.25) is 0 Å². The Morgan fingerprint density at radius 3 is 2.38 bits per heavy atom. The number of hydrogen-bond acceptors (Lipinski definition) is 5. The largest absolute Gasteiger partial charge is 0.494 e. The molecule has 0 spiro atoms. The summed E-state index contributed by atoms with van der Waals surface area (Å²) in [4.78, 5) is 28.2. The Kier molecular flexibility index (Phi) is 7.28. The molecule has 6 nitrogen and oxygen atoms in total. The van der Waals surface area contributed by atoms with Crippen LogP contribution in [0.1, 0.15) is 32.8 Å². The molecule has 0 saturated heterocycles. The Morgan fingerprint density at radius 1 is 0.912 bits per heavy atom. The van der Waals surface area contributed by atoms with Crippen LogP contribution in [-0.2, 0) is 14.3 Å². The minimum absolute atomic E-state index is 0.103. The zero-order valence-electron chi connectivity index (χ0n) is 19.8. The van der Waals surface area contributed by atoms with Crippen LogP contribution in [0.3, 0.4) is 0 Å². The fourth-order valence-electron chi connectivity index (χ4n) is 4.06. The SMILES string of the molecule is CCOc1ccc(C2=C(Nc3cccc4ccccc34)C(=O)N(CCCOC(C)C)C2=O)cc1. The summed E-state index contributed by atoms with van der Waals surface area (Å²) in [6.07, 6.45) is 0.680. The van der Waals surface area contributed by atoms with E-state index in [0.29, 0.717) is 37.3 Å². The number of carbonyl (C=O) groups excluding carboxylic acids is 2. The summed E-state index contributed by atoms with van der Waals surface area (Å²) < 4.78 is 11.1. The Morgan fingerprint density at radius 2 is 1.65 bits per heavy atom. The third-order valence-corrected chi connectivity index (χ3v) is 5.65. The summed E-state index contributed by atoms with van der Waals surface area (Å²) in [6.45, 7) is 7.18. The molecule has 2 amide bonds.